The van der Waals surface area contributed by atoms with Gasteiger partial charge in [0.2, 0.25) is 0 Å². The summed E-state index contributed by atoms with van der Waals surface area (Å²) in [7, 11) is 0. The first kappa shape index (κ1) is 29.8. The summed E-state index contributed by atoms with van der Waals surface area (Å²) < 4.78 is 26.7. The smallest absolute Gasteiger partial charge is 0.282 e. The Morgan fingerprint density at radius 1 is 1.00 bits per heavy atom. The molecule has 6 heterocycles. The van der Waals surface area contributed by atoms with E-state index in [0.29, 0.717) is 46.6 Å². The van der Waals surface area contributed by atoms with Crippen LogP contribution in [0.4, 0.5) is 10.2 Å². The molecule has 47 heavy (non-hydrogen) atoms. The van der Waals surface area contributed by atoms with E-state index < -0.39 is 0 Å². The molecule has 11 heteroatoms. The average Bonchev–Trinajstić information content (AvgIpc) is 3.42. The molecule has 6 aliphatic rings. The molecule has 2 saturated carbocycles. The number of benzene rings is 1. The third-order valence-electron chi connectivity index (χ3n) is 12.1. The molecule has 0 unspecified atom stereocenters. The zero-order valence-corrected chi connectivity index (χ0v) is 27.5. The summed E-state index contributed by atoms with van der Waals surface area (Å²) in [6.45, 7) is 13.3. The second-order valence-electron chi connectivity index (χ2n) is 15.6. The molecule has 2 aliphatic carbocycles. The van der Waals surface area contributed by atoms with E-state index >= 15 is 0 Å². The normalized spacial score (nSPS) is 29.2. The van der Waals surface area contributed by atoms with Crippen molar-refractivity contribution in [3.05, 3.63) is 48.2 Å². The minimum absolute atomic E-state index is 0.255. The molecule has 9 rings (SSSR count). The fraction of sp³-hybridized carbons (Fsp3) is 0.639. The zero-order valence-electron chi connectivity index (χ0n) is 27.5. The molecule has 0 amide bonds. The molecule has 3 aromatic rings. The molecule has 0 bridgehead atoms. The number of aromatic nitrogens is 5. The molecule has 0 N–H and O–H groups in total. The van der Waals surface area contributed by atoms with E-state index in [1.165, 1.54) is 44.4 Å². The van der Waals surface area contributed by atoms with Crippen molar-refractivity contribution in [2.45, 2.75) is 64.0 Å². The van der Waals surface area contributed by atoms with Gasteiger partial charge in [0.25, 0.3) is 5.88 Å². The van der Waals surface area contributed by atoms with Gasteiger partial charge in [-0.25, -0.2) is 9.37 Å². The molecular formula is C36H45FN8O2. The molecule has 3 atom stereocenters. The highest BCUT2D eigenvalue weighted by molar-refractivity contribution is 5.71. The van der Waals surface area contributed by atoms with Crippen LogP contribution in [0.3, 0.4) is 0 Å². The number of rotatable bonds is 9. The fourth-order valence-corrected chi connectivity index (χ4v) is 9.59. The number of hydrogen-bond donors (Lipinski definition) is 0. The van der Waals surface area contributed by atoms with Crippen LogP contribution in [0.5, 0.6) is 11.6 Å². The molecule has 0 radical (unpaired) electrons. The average molecular weight is 641 g/mol. The highest BCUT2D eigenvalue weighted by atomic mass is 19.1. The summed E-state index contributed by atoms with van der Waals surface area (Å²) in [6.07, 6.45) is 9.20. The lowest BCUT2D eigenvalue weighted by atomic mass is 9.68. The maximum atomic E-state index is 14.6. The molecule has 1 aromatic carbocycles. The first-order valence-corrected chi connectivity index (χ1v) is 17.7. The fourth-order valence-electron chi connectivity index (χ4n) is 9.59. The predicted molar refractivity (Wildman–Crippen MR) is 175 cm³/mol. The largest absolute Gasteiger partial charge is 0.434 e. The van der Waals surface area contributed by atoms with E-state index in [9.17, 15) is 4.39 Å². The summed E-state index contributed by atoms with van der Waals surface area (Å²) in [5.41, 5.74) is 2.57. The standard InChI is InChI=1S/C36H45FN8O2/c1-22(2)33(24-11-28(12-24)44-14-25-16-46-17-26(25)15-44)45-19-36(20-45)8-10-43(18-36)34-35(42-40-21-38-34)47-31-6-5-27(37)13-30(31)32-29(23-3-4-23)7-9-39-41-32/h5-7,9,13,21-26,28,33H,3-4,8,10-12,14-20H2,1-2H3/t24?,25-,26+,28?,33-/m0/s1. The Labute approximate surface area is 276 Å². The van der Waals surface area contributed by atoms with Crippen LogP contribution >= 0.6 is 0 Å². The van der Waals surface area contributed by atoms with Crippen LogP contribution in [0.25, 0.3) is 11.3 Å². The van der Waals surface area contributed by atoms with Crippen LogP contribution in [0.15, 0.2) is 36.8 Å². The van der Waals surface area contributed by atoms with Gasteiger partial charge in [-0.2, -0.15) is 10.2 Å². The Kier molecular flexibility index (Phi) is 7.43. The number of halogens is 1. The van der Waals surface area contributed by atoms with Crippen molar-refractivity contribution < 1.29 is 13.9 Å². The third-order valence-corrected chi connectivity index (χ3v) is 12.1. The number of fused-ring (bicyclic) bond motifs is 1. The maximum Gasteiger partial charge on any atom is 0.282 e. The lowest BCUT2D eigenvalue weighted by Gasteiger charge is -2.57. The van der Waals surface area contributed by atoms with Crippen molar-refractivity contribution in [1.82, 2.24) is 35.2 Å². The summed E-state index contributed by atoms with van der Waals surface area (Å²) >= 11 is 0. The van der Waals surface area contributed by atoms with Crippen molar-refractivity contribution in [3.63, 3.8) is 0 Å². The summed E-state index contributed by atoms with van der Waals surface area (Å²) in [5, 5.41) is 17.0. The number of nitrogens with zero attached hydrogens (tertiary/aromatic N) is 8. The summed E-state index contributed by atoms with van der Waals surface area (Å²) in [6, 6.07) is 7.92. The van der Waals surface area contributed by atoms with Crippen LogP contribution in [0, 0.1) is 34.9 Å². The van der Waals surface area contributed by atoms with Gasteiger partial charge in [0.15, 0.2) is 5.82 Å². The first-order chi connectivity index (χ1) is 22.9. The number of ether oxygens (including phenoxy) is 2. The number of likely N-dealkylation sites (tertiary alicyclic amines) is 2. The Hall–Kier alpha value is -3.28. The second-order valence-corrected chi connectivity index (χ2v) is 15.6. The monoisotopic (exact) mass is 640 g/mol. The van der Waals surface area contributed by atoms with Gasteiger partial charge in [-0.05, 0) is 79.7 Å². The Balaban J connectivity index is 0.870. The van der Waals surface area contributed by atoms with Crippen LogP contribution in [0.1, 0.15) is 57.4 Å². The minimum atomic E-state index is -0.348. The van der Waals surface area contributed by atoms with Crippen molar-refractivity contribution in [3.8, 4) is 22.9 Å². The van der Waals surface area contributed by atoms with Gasteiger partial charge in [-0.3, -0.25) is 9.80 Å². The summed E-state index contributed by atoms with van der Waals surface area (Å²) in [4.78, 5) is 12.5. The van der Waals surface area contributed by atoms with Crippen molar-refractivity contribution in [1.29, 1.82) is 0 Å². The van der Waals surface area contributed by atoms with E-state index in [-0.39, 0.29) is 11.2 Å². The quantitative estimate of drug-likeness (QED) is 0.317. The lowest BCUT2D eigenvalue weighted by molar-refractivity contribution is -0.0792. The van der Waals surface area contributed by atoms with Gasteiger partial charge in [0.05, 0.1) is 13.2 Å². The zero-order chi connectivity index (χ0) is 31.7. The van der Waals surface area contributed by atoms with Crippen molar-refractivity contribution >= 4 is 5.82 Å². The first-order valence-electron chi connectivity index (χ1n) is 17.7. The van der Waals surface area contributed by atoms with Gasteiger partial charge < -0.3 is 14.4 Å². The maximum absolute atomic E-state index is 14.6. The number of hydrogen-bond acceptors (Lipinski definition) is 10. The van der Waals surface area contributed by atoms with Crippen molar-refractivity contribution in [2.75, 3.05) is 57.4 Å². The third kappa shape index (κ3) is 5.48. The second kappa shape index (κ2) is 11.7. The van der Waals surface area contributed by atoms with Crippen molar-refractivity contribution in [2.24, 2.45) is 29.1 Å². The summed E-state index contributed by atoms with van der Waals surface area (Å²) in [5.74, 6) is 4.55. The lowest BCUT2D eigenvalue weighted by Crippen LogP contribution is -2.65. The van der Waals surface area contributed by atoms with Crippen LogP contribution in [-0.4, -0.2) is 99.7 Å². The van der Waals surface area contributed by atoms with Gasteiger partial charge in [-0.1, -0.05) is 13.8 Å². The van der Waals surface area contributed by atoms with Gasteiger partial charge in [0.1, 0.15) is 23.6 Å². The molecule has 1 spiro atoms. The molecule has 248 valence electrons. The molecular weight excluding hydrogens is 595 g/mol. The number of anilines is 1. The van der Waals surface area contributed by atoms with E-state index in [2.05, 4.69) is 53.9 Å². The molecule has 4 saturated heterocycles. The molecule has 10 nitrogen and oxygen atoms in total. The topological polar surface area (TPSA) is 92.6 Å². The molecule has 6 fully saturated rings. The highest BCUT2D eigenvalue weighted by Gasteiger charge is 2.54. The van der Waals surface area contributed by atoms with Gasteiger partial charge >= 0.3 is 0 Å². The minimum Gasteiger partial charge on any atom is -0.434 e. The van der Waals surface area contributed by atoms with E-state index in [0.717, 1.165) is 88.0 Å². The van der Waals surface area contributed by atoms with Gasteiger partial charge in [-0.15, -0.1) is 10.2 Å². The van der Waals surface area contributed by atoms with Crippen LogP contribution in [0.2, 0.25) is 0 Å². The van der Waals surface area contributed by atoms with Gasteiger partial charge in [0, 0.05) is 80.4 Å². The van der Waals surface area contributed by atoms with Crippen LogP contribution in [-0.2, 0) is 4.74 Å². The Morgan fingerprint density at radius 2 is 1.81 bits per heavy atom. The molecule has 4 aliphatic heterocycles. The van der Waals surface area contributed by atoms with E-state index in [4.69, 9.17) is 9.47 Å². The predicted octanol–water partition coefficient (Wildman–Crippen LogP) is 5.03. The highest BCUT2D eigenvalue weighted by Crippen LogP contribution is 2.49. The SMILES string of the molecule is CC(C)[C@@H](C1CC(N2C[C@H]3COC[C@H]3C2)C1)N1CC2(CCN(c3ncnnc3Oc3ccc(F)cc3-c3nnccc3C3CC3)C2)C1. The van der Waals surface area contributed by atoms with Crippen LogP contribution < -0.4 is 9.64 Å². The Morgan fingerprint density at radius 3 is 2.57 bits per heavy atom. The Bertz CT molecular complexity index is 1610. The van der Waals surface area contributed by atoms with E-state index in [1.54, 1.807) is 12.3 Å². The van der Waals surface area contributed by atoms with E-state index in [1.807, 2.05) is 6.07 Å². The molecule has 2 aromatic heterocycles.